The SMILES string of the molecule is CC(C)c1cnc(N2C[C@H](O)[C@H]2C)c2cnc(Nc3ccnc(N4CC[C@H](O)C(C)(C)C4)n3)cc12. The predicted molar refractivity (Wildman–Crippen MR) is 138 cm³/mol. The number of fused-ring (bicyclic) bond motifs is 1. The van der Waals surface area contributed by atoms with E-state index >= 15 is 0 Å². The molecule has 0 saturated carbocycles. The van der Waals surface area contributed by atoms with E-state index < -0.39 is 0 Å². The zero-order chi connectivity index (χ0) is 24.9. The van der Waals surface area contributed by atoms with Gasteiger partial charge in [0, 0.05) is 49.0 Å². The van der Waals surface area contributed by atoms with E-state index in [4.69, 9.17) is 9.97 Å². The summed E-state index contributed by atoms with van der Waals surface area (Å²) in [5, 5.41) is 25.7. The standard InChI is InChI=1S/C26H35N7O2/c1-15(2)18-11-29-24(33-13-20(34)16(33)3)19-12-28-23(10-17(18)19)30-22-6-8-27-25(31-22)32-9-7-21(35)26(4,5)14-32/h6,8,10-12,15-16,20-21,34-35H,7,9,13-14H2,1-5H3,(H,27,28,30,31)/t16-,20+,21+/m1/s1. The Bertz CT molecular complexity index is 1230. The van der Waals surface area contributed by atoms with Gasteiger partial charge in [-0.1, -0.05) is 27.7 Å². The minimum absolute atomic E-state index is 0.0359. The third kappa shape index (κ3) is 4.38. The van der Waals surface area contributed by atoms with E-state index in [0.717, 1.165) is 28.7 Å². The molecule has 0 aromatic carbocycles. The van der Waals surface area contributed by atoms with Gasteiger partial charge in [-0.3, -0.25) is 0 Å². The highest BCUT2D eigenvalue weighted by Gasteiger charge is 2.36. The molecule has 2 aliphatic heterocycles. The quantitative estimate of drug-likeness (QED) is 0.509. The third-order valence-corrected chi connectivity index (χ3v) is 7.46. The second-order valence-electron chi connectivity index (χ2n) is 10.8. The van der Waals surface area contributed by atoms with Crippen LogP contribution in [-0.2, 0) is 0 Å². The summed E-state index contributed by atoms with van der Waals surface area (Å²) in [6, 6.07) is 3.93. The summed E-state index contributed by atoms with van der Waals surface area (Å²) in [7, 11) is 0. The summed E-state index contributed by atoms with van der Waals surface area (Å²) < 4.78 is 0. The number of anilines is 4. The first kappa shape index (κ1) is 23.7. The lowest BCUT2D eigenvalue weighted by Gasteiger charge is -2.44. The summed E-state index contributed by atoms with van der Waals surface area (Å²) in [5.74, 6) is 3.19. The predicted octanol–water partition coefficient (Wildman–Crippen LogP) is 3.45. The van der Waals surface area contributed by atoms with Crippen molar-refractivity contribution in [2.24, 2.45) is 5.41 Å². The van der Waals surface area contributed by atoms with Gasteiger partial charge in [0.2, 0.25) is 5.95 Å². The van der Waals surface area contributed by atoms with Gasteiger partial charge >= 0.3 is 0 Å². The maximum atomic E-state index is 10.3. The van der Waals surface area contributed by atoms with Gasteiger partial charge in [0.05, 0.1) is 18.2 Å². The van der Waals surface area contributed by atoms with E-state index in [-0.39, 0.29) is 23.7 Å². The number of β-amino-alcohol motifs (C(OH)–C–C–N with tert-alkyl or cyclic N) is 1. The van der Waals surface area contributed by atoms with Crippen molar-refractivity contribution in [3.8, 4) is 0 Å². The molecule has 3 aromatic heterocycles. The highest BCUT2D eigenvalue weighted by Crippen LogP contribution is 2.36. The van der Waals surface area contributed by atoms with Gasteiger partial charge < -0.3 is 25.3 Å². The Labute approximate surface area is 206 Å². The van der Waals surface area contributed by atoms with Crippen LogP contribution >= 0.6 is 0 Å². The Morgan fingerprint density at radius 2 is 1.89 bits per heavy atom. The van der Waals surface area contributed by atoms with Crippen LogP contribution in [-0.4, -0.2) is 68.0 Å². The molecule has 2 aliphatic rings. The molecular weight excluding hydrogens is 442 g/mol. The van der Waals surface area contributed by atoms with Crippen LogP contribution in [0.1, 0.15) is 52.5 Å². The van der Waals surface area contributed by atoms with Crippen LogP contribution in [0.2, 0.25) is 0 Å². The van der Waals surface area contributed by atoms with Gasteiger partial charge in [0.25, 0.3) is 0 Å². The highest BCUT2D eigenvalue weighted by molar-refractivity contribution is 5.96. The molecule has 5 rings (SSSR count). The topological polar surface area (TPSA) is 111 Å². The molecule has 3 aromatic rings. The van der Waals surface area contributed by atoms with E-state index in [1.807, 2.05) is 25.4 Å². The Hall–Kier alpha value is -3.04. The van der Waals surface area contributed by atoms with Crippen molar-refractivity contribution < 1.29 is 10.2 Å². The molecule has 0 amide bonds. The number of rotatable bonds is 5. The molecule has 35 heavy (non-hydrogen) atoms. The Morgan fingerprint density at radius 1 is 1.09 bits per heavy atom. The number of aromatic nitrogens is 4. The molecule has 0 radical (unpaired) electrons. The fourth-order valence-corrected chi connectivity index (χ4v) is 4.99. The van der Waals surface area contributed by atoms with Gasteiger partial charge in [-0.05, 0) is 42.3 Å². The largest absolute Gasteiger partial charge is 0.392 e. The maximum Gasteiger partial charge on any atom is 0.227 e. The fourth-order valence-electron chi connectivity index (χ4n) is 4.99. The van der Waals surface area contributed by atoms with Gasteiger partial charge in [0.1, 0.15) is 17.5 Å². The second-order valence-corrected chi connectivity index (χ2v) is 10.8. The number of pyridine rings is 2. The summed E-state index contributed by atoms with van der Waals surface area (Å²) >= 11 is 0. The number of piperidine rings is 1. The number of hydrogen-bond donors (Lipinski definition) is 3. The number of aliphatic hydroxyl groups excluding tert-OH is 2. The van der Waals surface area contributed by atoms with Crippen LogP contribution in [0.15, 0.2) is 30.7 Å². The first-order chi connectivity index (χ1) is 16.6. The van der Waals surface area contributed by atoms with Crippen molar-refractivity contribution in [3.63, 3.8) is 0 Å². The number of aliphatic hydroxyl groups is 2. The molecule has 0 unspecified atom stereocenters. The van der Waals surface area contributed by atoms with Crippen molar-refractivity contribution in [1.82, 2.24) is 19.9 Å². The molecule has 5 heterocycles. The normalized spacial score (nSPS) is 24.1. The van der Waals surface area contributed by atoms with E-state index in [1.165, 1.54) is 0 Å². The van der Waals surface area contributed by atoms with Crippen molar-refractivity contribution in [3.05, 3.63) is 36.3 Å². The van der Waals surface area contributed by atoms with Gasteiger partial charge in [-0.25, -0.2) is 15.0 Å². The van der Waals surface area contributed by atoms with Crippen LogP contribution in [0.25, 0.3) is 10.8 Å². The van der Waals surface area contributed by atoms with E-state index in [2.05, 4.69) is 58.8 Å². The lowest BCUT2D eigenvalue weighted by Crippen LogP contribution is -2.59. The van der Waals surface area contributed by atoms with Crippen molar-refractivity contribution in [1.29, 1.82) is 0 Å². The Morgan fingerprint density at radius 3 is 2.57 bits per heavy atom. The van der Waals surface area contributed by atoms with Crippen molar-refractivity contribution in [2.75, 3.05) is 34.8 Å². The molecule has 2 saturated heterocycles. The van der Waals surface area contributed by atoms with Crippen molar-refractivity contribution >= 4 is 34.2 Å². The number of nitrogens with zero attached hydrogens (tertiary/aromatic N) is 6. The average Bonchev–Trinajstić information content (AvgIpc) is 2.83. The third-order valence-electron chi connectivity index (χ3n) is 7.46. The first-order valence-electron chi connectivity index (χ1n) is 12.4. The molecular formula is C26H35N7O2. The minimum atomic E-state index is -0.328. The molecule has 3 atom stereocenters. The first-order valence-corrected chi connectivity index (χ1v) is 12.4. The summed E-state index contributed by atoms with van der Waals surface area (Å²) in [6.07, 6.45) is 5.60. The average molecular weight is 478 g/mol. The van der Waals surface area contributed by atoms with Crippen LogP contribution < -0.4 is 15.1 Å². The monoisotopic (exact) mass is 477 g/mol. The highest BCUT2D eigenvalue weighted by atomic mass is 16.3. The zero-order valence-corrected chi connectivity index (χ0v) is 21.1. The van der Waals surface area contributed by atoms with Crippen LogP contribution in [0.5, 0.6) is 0 Å². The van der Waals surface area contributed by atoms with E-state index in [0.29, 0.717) is 43.0 Å². The lowest BCUT2D eigenvalue weighted by molar-refractivity contribution is 0.0332. The molecule has 186 valence electrons. The number of hydrogen-bond acceptors (Lipinski definition) is 9. The second kappa shape index (κ2) is 8.87. The Balaban J connectivity index is 1.44. The van der Waals surface area contributed by atoms with E-state index in [1.54, 1.807) is 6.20 Å². The lowest BCUT2D eigenvalue weighted by atomic mass is 9.81. The minimum Gasteiger partial charge on any atom is -0.392 e. The molecule has 2 fully saturated rings. The summed E-state index contributed by atoms with van der Waals surface area (Å²) in [5.41, 5.74) is 0.939. The summed E-state index contributed by atoms with van der Waals surface area (Å²) in [6.45, 7) is 12.5. The molecule has 3 N–H and O–H groups in total. The zero-order valence-electron chi connectivity index (χ0n) is 21.1. The smallest absolute Gasteiger partial charge is 0.227 e. The van der Waals surface area contributed by atoms with Gasteiger partial charge in [-0.2, -0.15) is 4.98 Å². The van der Waals surface area contributed by atoms with Gasteiger partial charge in [-0.15, -0.1) is 0 Å². The summed E-state index contributed by atoms with van der Waals surface area (Å²) in [4.78, 5) is 22.9. The molecule has 0 spiro atoms. The molecule has 0 bridgehead atoms. The fraction of sp³-hybridized carbons (Fsp3) is 0.538. The number of nitrogens with one attached hydrogen (secondary N) is 1. The maximum absolute atomic E-state index is 10.3. The van der Waals surface area contributed by atoms with Crippen LogP contribution in [0.4, 0.5) is 23.4 Å². The Kier molecular flexibility index (Phi) is 6.01. The van der Waals surface area contributed by atoms with Crippen LogP contribution in [0, 0.1) is 5.41 Å². The van der Waals surface area contributed by atoms with Crippen molar-refractivity contribution in [2.45, 2.75) is 65.2 Å². The van der Waals surface area contributed by atoms with Gasteiger partial charge in [0.15, 0.2) is 0 Å². The molecule has 9 heteroatoms. The van der Waals surface area contributed by atoms with Crippen LogP contribution in [0.3, 0.4) is 0 Å². The van der Waals surface area contributed by atoms with E-state index in [9.17, 15) is 10.2 Å². The molecule has 0 aliphatic carbocycles. The molecule has 9 nitrogen and oxygen atoms in total.